The topological polar surface area (TPSA) is 61.5 Å². The van der Waals surface area contributed by atoms with Crippen LogP contribution in [0.3, 0.4) is 0 Å². The number of ether oxygens (including phenoxy) is 1. The van der Waals surface area contributed by atoms with Gasteiger partial charge in [-0.1, -0.05) is 31.9 Å². The van der Waals surface area contributed by atoms with E-state index in [4.69, 9.17) is 4.74 Å². The molecular weight excluding hydrogens is 400 g/mol. The van der Waals surface area contributed by atoms with Gasteiger partial charge in [0, 0.05) is 18.7 Å². The maximum atomic E-state index is 13.3. The number of aromatic nitrogens is 2. The summed E-state index contributed by atoms with van der Waals surface area (Å²) in [4.78, 5) is 25.1. The second-order valence-corrected chi connectivity index (χ2v) is 9.15. The predicted octanol–water partition coefficient (Wildman–Crippen LogP) is 5.36. The molecule has 6 heteroatoms. The van der Waals surface area contributed by atoms with Crippen molar-refractivity contribution in [2.24, 2.45) is 5.92 Å². The standard InChI is InChI=1S/C26H32N4O2/c1-3-4-19-9-11-29(12-10-19)26(31)30-13-14-32-25-8-6-20(15-22(25)17-30)21-5-7-23-24(16-21)28-18(2)27-23/h5-8,15-16,19H,3-4,9-14,17H2,1-2H3,(H,27,28). The summed E-state index contributed by atoms with van der Waals surface area (Å²) in [7, 11) is 0. The zero-order valence-corrected chi connectivity index (χ0v) is 19.1. The first kappa shape index (κ1) is 20.9. The molecule has 168 valence electrons. The van der Waals surface area contributed by atoms with E-state index in [-0.39, 0.29) is 6.03 Å². The number of fused-ring (bicyclic) bond motifs is 2. The van der Waals surface area contributed by atoms with Gasteiger partial charge >= 0.3 is 6.03 Å². The molecule has 5 rings (SSSR count). The summed E-state index contributed by atoms with van der Waals surface area (Å²) < 4.78 is 6.00. The number of nitrogens with zero attached hydrogens (tertiary/aromatic N) is 3. The van der Waals surface area contributed by atoms with Gasteiger partial charge in [0.2, 0.25) is 0 Å². The van der Waals surface area contributed by atoms with Gasteiger partial charge in [0.25, 0.3) is 0 Å². The quantitative estimate of drug-likeness (QED) is 0.606. The zero-order chi connectivity index (χ0) is 22.1. The summed E-state index contributed by atoms with van der Waals surface area (Å²) >= 11 is 0. The summed E-state index contributed by atoms with van der Waals surface area (Å²) in [5.74, 6) is 2.57. The van der Waals surface area contributed by atoms with E-state index in [0.29, 0.717) is 19.7 Å². The molecule has 0 spiro atoms. The number of carbonyl (C=O) groups is 1. The van der Waals surface area contributed by atoms with Gasteiger partial charge < -0.3 is 19.5 Å². The number of aryl methyl sites for hydroxylation is 1. The third-order valence-electron chi connectivity index (χ3n) is 6.83. The van der Waals surface area contributed by atoms with Crippen LogP contribution in [-0.4, -0.2) is 52.0 Å². The fraction of sp³-hybridized carbons (Fsp3) is 0.462. The van der Waals surface area contributed by atoms with Crippen LogP contribution < -0.4 is 4.74 Å². The van der Waals surface area contributed by atoms with Gasteiger partial charge in [-0.15, -0.1) is 0 Å². The van der Waals surface area contributed by atoms with Crippen LogP contribution in [0, 0.1) is 12.8 Å². The van der Waals surface area contributed by atoms with E-state index >= 15 is 0 Å². The number of imidazole rings is 1. The molecule has 0 bridgehead atoms. The van der Waals surface area contributed by atoms with Crippen molar-refractivity contribution in [3.8, 4) is 16.9 Å². The Labute approximate surface area is 189 Å². The highest BCUT2D eigenvalue weighted by atomic mass is 16.5. The maximum Gasteiger partial charge on any atom is 0.320 e. The smallest absolute Gasteiger partial charge is 0.320 e. The molecule has 2 aromatic carbocycles. The van der Waals surface area contributed by atoms with Crippen LogP contribution in [0.15, 0.2) is 36.4 Å². The molecule has 0 atom stereocenters. The first-order chi connectivity index (χ1) is 15.6. The highest BCUT2D eigenvalue weighted by molar-refractivity contribution is 5.82. The van der Waals surface area contributed by atoms with Crippen LogP contribution >= 0.6 is 0 Å². The van der Waals surface area contributed by atoms with Crippen molar-refractivity contribution in [2.45, 2.75) is 46.1 Å². The van der Waals surface area contributed by atoms with Crippen LogP contribution in [0.1, 0.15) is 44.0 Å². The molecule has 2 aliphatic rings. The lowest BCUT2D eigenvalue weighted by Gasteiger charge is -2.35. The number of likely N-dealkylation sites (tertiary alicyclic amines) is 1. The van der Waals surface area contributed by atoms with Crippen molar-refractivity contribution in [3.05, 3.63) is 47.8 Å². The Hall–Kier alpha value is -3.02. The van der Waals surface area contributed by atoms with Gasteiger partial charge in [-0.2, -0.15) is 0 Å². The Morgan fingerprint density at radius 1 is 1.09 bits per heavy atom. The Kier molecular flexibility index (Phi) is 5.77. The highest BCUT2D eigenvalue weighted by Gasteiger charge is 2.28. The molecule has 1 fully saturated rings. The molecule has 1 N–H and O–H groups in total. The number of amides is 2. The largest absolute Gasteiger partial charge is 0.491 e. The molecular formula is C26H32N4O2. The van der Waals surface area contributed by atoms with Gasteiger partial charge in [0.15, 0.2) is 0 Å². The van der Waals surface area contributed by atoms with Crippen molar-refractivity contribution < 1.29 is 9.53 Å². The Morgan fingerprint density at radius 2 is 1.88 bits per heavy atom. The average Bonchev–Trinajstić information content (AvgIpc) is 3.05. The van der Waals surface area contributed by atoms with Crippen molar-refractivity contribution in [1.29, 1.82) is 0 Å². The number of hydrogen-bond donors (Lipinski definition) is 1. The monoisotopic (exact) mass is 432 g/mol. The first-order valence-electron chi connectivity index (χ1n) is 11.9. The van der Waals surface area contributed by atoms with Gasteiger partial charge in [0.05, 0.1) is 24.1 Å². The van der Waals surface area contributed by atoms with Crippen LogP contribution in [0.4, 0.5) is 4.79 Å². The van der Waals surface area contributed by atoms with Crippen LogP contribution in [-0.2, 0) is 6.54 Å². The number of rotatable bonds is 3. The molecule has 3 heterocycles. The lowest BCUT2D eigenvalue weighted by Crippen LogP contribution is -2.47. The molecule has 2 aliphatic heterocycles. The summed E-state index contributed by atoms with van der Waals surface area (Å²) in [6.07, 6.45) is 4.76. The fourth-order valence-corrected chi connectivity index (χ4v) is 5.08. The van der Waals surface area contributed by atoms with Gasteiger partial charge in [-0.25, -0.2) is 9.78 Å². The lowest BCUT2D eigenvalue weighted by molar-refractivity contribution is 0.125. The lowest BCUT2D eigenvalue weighted by atomic mass is 9.93. The first-order valence-corrected chi connectivity index (χ1v) is 11.9. The van der Waals surface area contributed by atoms with E-state index < -0.39 is 0 Å². The van der Waals surface area contributed by atoms with E-state index in [0.717, 1.165) is 71.1 Å². The average molecular weight is 433 g/mol. The summed E-state index contributed by atoms with van der Waals surface area (Å²) in [6, 6.07) is 12.7. The molecule has 6 nitrogen and oxygen atoms in total. The number of urea groups is 1. The number of hydrogen-bond acceptors (Lipinski definition) is 3. The molecule has 1 saturated heterocycles. The molecule has 0 saturated carbocycles. The van der Waals surface area contributed by atoms with E-state index in [9.17, 15) is 4.79 Å². The summed E-state index contributed by atoms with van der Waals surface area (Å²) in [6.45, 7) is 7.70. The number of benzene rings is 2. The van der Waals surface area contributed by atoms with E-state index in [1.165, 1.54) is 12.8 Å². The number of H-pyrrole nitrogens is 1. The van der Waals surface area contributed by atoms with Crippen molar-refractivity contribution >= 4 is 17.1 Å². The number of carbonyl (C=O) groups excluding carboxylic acids is 1. The Bertz CT molecular complexity index is 1110. The van der Waals surface area contributed by atoms with Crippen molar-refractivity contribution in [3.63, 3.8) is 0 Å². The van der Waals surface area contributed by atoms with Crippen LogP contribution in [0.25, 0.3) is 22.2 Å². The van der Waals surface area contributed by atoms with Crippen LogP contribution in [0.2, 0.25) is 0 Å². The highest BCUT2D eigenvalue weighted by Crippen LogP contribution is 2.31. The molecule has 0 radical (unpaired) electrons. The molecule has 3 aromatic rings. The predicted molar refractivity (Wildman–Crippen MR) is 127 cm³/mol. The normalized spacial score (nSPS) is 17.2. The van der Waals surface area contributed by atoms with Gasteiger partial charge in [0.1, 0.15) is 18.2 Å². The summed E-state index contributed by atoms with van der Waals surface area (Å²) in [5, 5.41) is 0. The SMILES string of the molecule is CCCC1CCN(C(=O)N2CCOc3ccc(-c4ccc5nc(C)[nH]c5c4)cc3C2)CC1. The third kappa shape index (κ3) is 4.18. The minimum atomic E-state index is 0.149. The fourth-order valence-electron chi connectivity index (χ4n) is 5.08. The van der Waals surface area contributed by atoms with Gasteiger partial charge in [-0.3, -0.25) is 0 Å². The molecule has 0 aliphatic carbocycles. The van der Waals surface area contributed by atoms with E-state index in [2.05, 4.69) is 41.2 Å². The second-order valence-electron chi connectivity index (χ2n) is 9.15. The number of aromatic amines is 1. The van der Waals surface area contributed by atoms with Gasteiger partial charge in [-0.05, 0) is 61.1 Å². The van der Waals surface area contributed by atoms with Crippen molar-refractivity contribution in [2.75, 3.05) is 26.2 Å². The minimum absolute atomic E-state index is 0.149. The van der Waals surface area contributed by atoms with E-state index in [1.54, 1.807) is 0 Å². The molecule has 32 heavy (non-hydrogen) atoms. The zero-order valence-electron chi connectivity index (χ0n) is 19.1. The molecule has 2 amide bonds. The second kappa shape index (κ2) is 8.85. The molecule has 1 aromatic heterocycles. The minimum Gasteiger partial charge on any atom is -0.491 e. The number of piperidine rings is 1. The van der Waals surface area contributed by atoms with E-state index in [1.807, 2.05) is 28.9 Å². The van der Waals surface area contributed by atoms with Crippen molar-refractivity contribution in [1.82, 2.24) is 19.8 Å². The maximum absolute atomic E-state index is 13.3. The molecule has 0 unspecified atom stereocenters. The summed E-state index contributed by atoms with van der Waals surface area (Å²) in [5.41, 5.74) is 5.33. The Balaban J connectivity index is 1.34. The van der Waals surface area contributed by atoms with Crippen LogP contribution in [0.5, 0.6) is 5.75 Å². The number of nitrogens with one attached hydrogen (secondary N) is 1. The Morgan fingerprint density at radius 3 is 2.69 bits per heavy atom. The third-order valence-corrected chi connectivity index (χ3v) is 6.83.